The SMILES string of the molecule is C=C(C)C(=O)OCC(O)COC(=O)C(CC)(COC(=O)c1cc(C(=O)C(C)(C)CC)c(C(=O)O)cc1C(=O)O)COC(C)(C)CC. The van der Waals surface area contributed by atoms with E-state index in [0.717, 1.165) is 12.1 Å². The van der Waals surface area contributed by atoms with Gasteiger partial charge in [0, 0.05) is 16.6 Å². The van der Waals surface area contributed by atoms with Crippen LogP contribution in [0.25, 0.3) is 0 Å². The zero-order chi connectivity index (χ0) is 35.6. The second-order valence-corrected chi connectivity index (χ2v) is 12.4. The fraction of sp³-hybridized carbons (Fsp3) is 0.576. The van der Waals surface area contributed by atoms with E-state index in [9.17, 15) is 44.1 Å². The van der Waals surface area contributed by atoms with Gasteiger partial charge in [0.1, 0.15) is 31.3 Å². The van der Waals surface area contributed by atoms with Crippen LogP contribution in [0.5, 0.6) is 0 Å². The van der Waals surface area contributed by atoms with Crippen molar-refractivity contribution in [1.29, 1.82) is 0 Å². The van der Waals surface area contributed by atoms with Crippen molar-refractivity contribution in [3.05, 3.63) is 46.5 Å². The third-order valence-electron chi connectivity index (χ3n) is 7.92. The van der Waals surface area contributed by atoms with Gasteiger partial charge in [-0.3, -0.25) is 9.59 Å². The first-order valence-electron chi connectivity index (χ1n) is 14.9. The normalized spacial score (nSPS) is 13.6. The Morgan fingerprint density at radius 2 is 1.28 bits per heavy atom. The smallest absolute Gasteiger partial charge is 0.339 e. The van der Waals surface area contributed by atoms with E-state index in [4.69, 9.17) is 18.9 Å². The van der Waals surface area contributed by atoms with Gasteiger partial charge in [0.05, 0.1) is 28.9 Å². The largest absolute Gasteiger partial charge is 0.478 e. The zero-order valence-corrected chi connectivity index (χ0v) is 27.8. The first kappa shape index (κ1) is 39.9. The molecule has 2 unspecified atom stereocenters. The number of hydrogen-bond donors (Lipinski definition) is 3. The Hall–Kier alpha value is -4.10. The van der Waals surface area contributed by atoms with Gasteiger partial charge in [-0.2, -0.15) is 0 Å². The second kappa shape index (κ2) is 16.5. The minimum atomic E-state index is -1.64. The zero-order valence-electron chi connectivity index (χ0n) is 27.8. The van der Waals surface area contributed by atoms with Gasteiger partial charge in [0.25, 0.3) is 0 Å². The highest BCUT2D eigenvalue weighted by atomic mass is 16.6. The molecule has 13 heteroatoms. The van der Waals surface area contributed by atoms with Crippen LogP contribution in [-0.2, 0) is 28.5 Å². The highest BCUT2D eigenvalue weighted by molar-refractivity contribution is 6.12. The van der Waals surface area contributed by atoms with Gasteiger partial charge in [0.15, 0.2) is 5.78 Å². The maximum absolute atomic E-state index is 13.5. The van der Waals surface area contributed by atoms with Crippen molar-refractivity contribution in [2.45, 2.75) is 86.4 Å². The second-order valence-electron chi connectivity index (χ2n) is 12.4. The van der Waals surface area contributed by atoms with E-state index < -0.39 is 94.7 Å². The molecule has 0 aliphatic carbocycles. The number of Topliss-reactive ketones (excluding diaryl/α,β-unsaturated/α-hetero) is 1. The minimum absolute atomic E-state index is 0.0117. The molecular formula is C33H46O13. The van der Waals surface area contributed by atoms with Crippen LogP contribution in [0.4, 0.5) is 0 Å². The predicted octanol–water partition coefficient (Wildman–Crippen LogP) is 4.48. The number of rotatable bonds is 19. The number of aromatic carboxylic acids is 2. The van der Waals surface area contributed by atoms with E-state index in [0.29, 0.717) is 12.8 Å². The number of ketones is 1. The van der Waals surface area contributed by atoms with Gasteiger partial charge in [-0.15, -0.1) is 0 Å². The number of carboxylic acids is 2. The third-order valence-corrected chi connectivity index (χ3v) is 7.92. The minimum Gasteiger partial charge on any atom is -0.478 e. The van der Waals surface area contributed by atoms with Crippen molar-refractivity contribution in [2.75, 3.05) is 26.4 Å². The van der Waals surface area contributed by atoms with Gasteiger partial charge in [-0.05, 0) is 52.2 Å². The lowest BCUT2D eigenvalue weighted by atomic mass is 9.79. The fourth-order valence-corrected chi connectivity index (χ4v) is 3.73. The summed E-state index contributed by atoms with van der Waals surface area (Å²) in [6.07, 6.45) is -0.493. The van der Waals surface area contributed by atoms with Gasteiger partial charge in [0.2, 0.25) is 0 Å². The molecule has 3 N–H and O–H groups in total. The van der Waals surface area contributed by atoms with Crippen LogP contribution < -0.4 is 0 Å². The molecule has 13 nitrogen and oxygen atoms in total. The lowest BCUT2D eigenvalue weighted by Crippen LogP contribution is -2.45. The molecule has 0 fully saturated rings. The standard InChI is InChI=1S/C33H46O13/c1-10-31(6,7)25(35)21-13-24(23(27(38)39)14-22(21)26(36)37)29(41)45-17-33(12-3,18-46-32(8,9)11-2)30(42)44-16-20(34)15-43-28(40)19(4)5/h13-14,20,34H,4,10-12,15-18H2,1-3,5-9H3,(H,36,37)(H,38,39). The van der Waals surface area contributed by atoms with E-state index in [-0.39, 0.29) is 24.2 Å². The van der Waals surface area contributed by atoms with Crippen LogP contribution in [0.1, 0.15) is 116 Å². The van der Waals surface area contributed by atoms with Gasteiger partial charge in [-0.1, -0.05) is 41.2 Å². The van der Waals surface area contributed by atoms with Crippen LogP contribution in [0.3, 0.4) is 0 Å². The van der Waals surface area contributed by atoms with Crippen molar-refractivity contribution in [3.63, 3.8) is 0 Å². The summed E-state index contributed by atoms with van der Waals surface area (Å²) in [6.45, 7) is 14.8. The molecule has 46 heavy (non-hydrogen) atoms. The number of aliphatic hydroxyl groups is 1. The molecule has 0 saturated heterocycles. The van der Waals surface area contributed by atoms with Crippen molar-refractivity contribution >= 4 is 35.6 Å². The molecule has 1 aromatic rings. The molecule has 0 heterocycles. The fourth-order valence-electron chi connectivity index (χ4n) is 3.73. The molecule has 0 spiro atoms. The number of esters is 3. The average molecular weight is 651 g/mol. The Labute approximate surface area is 268 Å². The molecule has 0 aromatic heterocycles. The highest BCUT2D eigenvalue weighted by Gasteiger charge is 2.43. The third kappa shape index (κ3) is 10.5. The molecular weight excluding hydrogens is 604 g/mol. The van der Waals surface area contributed by atoms with E-state index in [2.05, 4.69) is 6.58 Å². The lowest BCUT2D eigenvalue weighted by molar-refractivity contribution is -0.173. The molecule has 1 aromatic carbocycles. The molecule has 2 atom stereocenters. The molecule has 256 valence electrons. The molecule has 0 aliphatic rings. The molecule has 0 amide bonds. The molecule has 0 bridgehead atoms. The summed E-state index contributed by atoms with van der Waals surface area (Å²) in [4.78, 5) is 75.9. The Morgan fingerprint density at radius 1 is 0.761 bits per heavy atom. The molecule has 0 saturated carbocycles. The predicted molar refractivity (Wildman–Crippen MR) is 165 cm³/mol. The summed E-state index contributed by atoms with van der Waals surface area (Å²) >= 11 is 0. The summed E-state index contributed by atoms with van der Waals surface area (Å²) in [7, 11) is 0. The van der Waals surface area contributed by atoms with Crippen LogP contribution in [-0.4, -0.2) is 89.1 Å². The van der Waals surface area contributed by atoms with Crippen LogP contribution in [0.15, 0.2) is 24.3 Å². The van der Waals surface area contributed by atoms with Crippen molar-refractivity contribution in [2.24, 2.45) is 10.8 Å². The number of carbonyl (C=O) groups is 6. The number of carbonyl (C=O) groups excluding carboxylic acids is 4. The molecule has 1 rings (SSSR count). The Kier molecular flexibility index (Phi) is 14.3. The van der Waals surface area contributed by atoms with E-state index in [1.54, 1.807) is 41.5 Å². The summed E-state index contributed by atoms with van der Waals surface area (Å²) in [6, 6.07) is 1.62. The lowest BCUT2D eigenvalue weighted by Gasteiger charge is -2.34. The van der Waals surface area contributed by atoms with Gasteiger partial charge in [-0.25, -0.2) is 19.2 Å². The molecule has 0 radical (unpaired) electrons. The number of aliphatic hydroxyl groups excluding tert-OH is 1. The van der Waals surface area contributed by atoms with Gasteiger partial charge < -0.3 is 34.3 Å². The number of hydrogen-bond acceptors (Lipinski definition) is 11. The first-order chi connectivity index (χ1) is 21.2. The average Bonchev–Trinajstić information content (AvgIpc) is 3.01. The number of benzene rings is 1. The summed E-state index contributed by atoms with van der Waals surface area (Å²) in [5.74, 6) is -6.70. The quantitative estimate of drug-likeness (QED) is 0.0820. The van der Waals surface area contributed by atoms with Crippen LogP contribution in [0, 0.1) is 10.8 Å². The van der Waals surface area contributed by atoms with E-state index in [1.165, 1.54) is 6.92 Å². The van der Waals surface area contributed by atoms with Crippen molar-refractivity contribution < 1.29 is 63.0 Å². The van der Waals surface area contributed by atoms with Crippen LogP contribution >= 0.6 is 0 Å². The first-order valence-corrected chi connectivity index (χ1v) is 14.9. The summed E-state index contributed by atoms with van der Waals surface area (Å²) in [5, 5.41) is 29.7. The van der Waals surface area contributed by atoms with Crippen molar-refractivity contribution in [3.8, 4) is 0 Å². The maximum atomic E-state index is 13.5. The van der Waals surface area contributed by atoms with Gasteiger partial charge >= 0.3 is 29.8 Å². The van der Waals surface area contributed by atoms with Crippen LogP contribution in [0.2, 0.25) is 0 Å². The number of ether oxygens (including phenoxy) is 4. The summed E-state index contributed by atoms with van der Waals surface area (Å²) < 4.78 is 21.6. The highest BCUT2D eigenvalue weighted by Crippen LogP contribution is 2.32. The summed E-state index contributed by atoms with van der Waals surface area (Å²) in [5.41, 5.74) is -5.52. The Balaban J connectivity index is 3.47. The Bertz CT molecular complexity index is 1340. The van der Waals surface area contributed by atoms with E-state index >= 15 is 0 Å². The number of carboxylic acid groups (broad SMARTS) is 2. The molecule has 0 aliphatic heterocycles. The van der Waals surface area contributed by atoms with Crippen molar-refractivity contribution in [1.82, 2.24) is 0 Å². The monoisotopic (exact) mass is 650 g/mol. The van der Waals surface area contributed by atoms with E-state index in [1.807, 2.05) is 6.92 Å². The Morgan fingerprint density at radius 3 is 1.76 bits per heavy atom. The topological polar surface area (TPSA) is 200 Å². The maximum Gasteiger partial charge on any atom is 0.339 e.